The van der Waals surface area contributed by atoms with Gasteiger partial charge in [0.1, 0.15) is 5.76 Å². The van der Waals surface area contributed by atoms with E-state index in [1.807, 2.05) is 19.1 Å². The second kappa shape index (κ2) is 6.74. The predicted octanol–water partition coefficient (Wildman–Crippen LogP) is 3.27. The molecule has 0 radical (unpaired) electrons. The molecule has 5 nitrogen and oxygen atoms in total. The Morgan fingerprint density at radius 3 is 2.62 bits per heavy atom. The van der Waals surface area contributed by atoms with Crippen LogP contribution in [0.25, 0.3) is 10.8 Å². The summed E-state index contributed by atoms with van der Waals surface area (Å²) < 4.78 is 4.98. The van der Waals surface area contributed by atoms with Crippen LogP contribution in [-0.2, 0) is 11.2 Å². The van der Waals surface area contributed by atoms with Crippen molar-refractivity contribution in [3.63, 3.8) is 0 Å². The lowest BCUT2D eigenvalue weighted by molar-refractivity contribution is -0.131. The molecule has 1 amide bonds. The molecule has 0 saturated heterocycles. The molecule has 1 atom stereocenters. The molecule has 0 aliphatic rings. The van der Waals surface area contributed by atoms with Gasteiger partial charge < -0.3 is 9.42 Å². The average molecular weight is 324 g/mol. The quantitative estimate of drug-likeness (QED) is 0.783. The van der Waals surface area contributed by atoms with Crippen LogP contribution in [-0.4, -0.2) is 23.0 Å². The number of rotatable bonds is 5. The molecule has 0 aliphatic carbocycles. The summed E-state index contributed by atoms with van der Waals surface area (Å²) in [4.78, 5) is 25.2. The molecule has 0 saturated carbocycles. The Morgan fingerprint density at radius 1 is 1.17 bits per heavy atom. The number of nitrogens with zero attached hydrogens (tertiary/aromatic N) is 1. The zero-order valence-electron chi connectivity index (χ0n) is 13.8. The fraction of sp³-hybridized carbons (Fsp3) is 0.263. The first-order chi connectivity index (χ1) is 11.5. The third kappa shape index (κ3) is 3.40. The maximum atomic E-state index is 12.4. The van der Waals surface area contributed by atoms with E-state index in [1.54, 1.807) is 11.9 Å². The van der Waals surface area contributed by atoms with Crippen molar-refractivity contribution in [2.45, 2.75) is 25.8 Å². The summed E-state index contributed by atoms with van der Waals surface area (Å²) >= 11 is 0. The highest BCUT2D eigenvalue weighted by atomic mass is 16.5. The highest BCUT2D eigenvalue weighted by Crippen LogP contribution is 2.24. The Balaban J connectivity index is 1.68. The van der Waals surface area contributed by atoms with Gasteiger partial charge in [-0.15, -0.1) is 0 Å². The molecule has 0 unspecified atom stereocenters. The molecule has 0 aliphatic heterocycles. The molecule has 0 spiro atoms. The summed E-state index contributed by atoms with van der Waals surface area (Å²) in [6.45, 7) is 2.01. The first-order valence-corrected chi connectivity index (χ1v) is 7.96. The summed E-state index contributed by atoms with van der Waals surface area (Å²) in [5.74, 6) is 0.514. The van der Waals surface area contributed by atoms with Crippen molar-refractivity contribution in [2.24, 2.45) is 0 Å². The van der Waals surface area contributed by atoms with Crippen LogP contribution in [0.4, 0.5) is 0 Å². The Bertz CT molecular complexity index is 910. The van der Waals surface area contributed by atoms with Crippen LogP contribution >= 0.6 is 0 Å². The van der Waals surface area contributed by atoms with Crippen LogP contribution in [0, 0.1) is 0 Å². The lowest BCUT2D eigenvalue weighted by Gasteiger charge is -2.25. The number of nitrogens with one attached hydrogen (secondary N) is 1. The van der Waals surface area contributed by atoms with Crippen molar-refractivity contribution >= 4 is 16.7 Å². The third-order valence-corrected chi connectivity index (χ3v) is 4.39. The van der Waals surface area contributed by atoms with E-state index in [1.165, 1.54) is 11.5 Å². The van der Waals surface area contributed by atoms with Gasteiger partial charge in [0.15, 0.2) is 0 Å². The minimum Gasteiger partial charge on any atom is -0.384 e. The SMILES string of the molecule is C[C@H](c1ccc2ccccc2c1)N(C)C(=O)CCc1cc(=O)[nH]o1. The number of fused-ring (bicyclic) bond motifs is 1. The number of hydrogen-bond donors (Lipinski definition) is 1. The Kier molecular flexibility index (Phi) is 4.51. The van der Waals surface area contributed by atoms with Crippen molar-refractivity contribution in [1.82, 2.24) is 10.1 Å². The maximum absolute atomic E-state index is 12.4. The van der Waals surface area contributed by atoms with Gasteiger partial charge in [-0.3, -0.25) is 9.59 Å². The van der Waals surface area contributed by atoms with Gasteiger partial charge in [0.25, 0.3) is 5.56 Å². The summed E-state index contributed by atoms with van der Waals surface area (Å²) in [5, 5.41) is 4.58. The largest absolute Gasteiger partial charge is 0.384 e. The second-order valence-electron chi connectivity index (χ2n) is 5.97. The molecule has 3 aromatic rings. The number of carbonyl (C=O) groups excluding carboxylic acids is 1. The van der Waals surface area contributed by atoms with Crippen LogP contribution in [0.5, 0.6) is 0 Å². The van der Waals surface area contributed by atoms with Gasteiger partial charge in [0.05, 0.1) is 6.04 Å². The molecular formula is C19H20N2O3. The van der Waals surface area contributed by atoms with Gasteiger partial charge in [-0.1, -0.05) is 36.4 Å². The highest BCUT2D eigenvalue weighted by Gasteiger charge is 2.18. The standard InChI is InChI=1S/C19H20N2O3/c1-13(15-8-7-14-5-3-4-6-16(14)11-15)21(2)19(23)10-9-17-12-18(22)20-24-17/h3-8,11-13H,9-10H2,1-2H3,(H,20,22)/t13-/m1/s1. The monoisotopic (exact) mass is 324 g/mol. The second-order valence-corrected chi connectivity index (χ2v) is 5.97. The van der Waals surface area contributed by atoms with E-state index in [0.29, 0.717) is 18.6 Å². The van der Waals surface area contributed by atoms with Crippen molar-refractivity contribution in [1.29, 1.82) is 0 Å². The normalized spacial score (nSPS) is 12.2. The number of benzene rings is 2. The minimum absolute atomic E-state index is 0.0134. The molecule has 3 rings (SSSR count). The van der Waals surface area contributed by atoms with Gasteiger partial charge in [0.2, 0.25) is 5.91 Å². The average Bonchev–Trinajstić information content (AvgIpc) is 3.03. The molecule has 1 heterocycles. The molecule has 0 bridgehead atoms. The van der Waals surface area contributed by atoms with Gasteiger partial charge in [-0.25, -0.2) is 0 Å². The zero-order valence-corrected chi connectivity index (χ0v) is 13.8. The minimum atomic E-state index is -0.282. The number of hydrogen-bond acceptors (Lipinski definition) is 3. The number of aromatic amines is 1. The first kappa shape index (κ1) is 16.1. The fourth-order valence-electron chi connectivity index (χ4n) is 2.76. The summed E-state index contributed by atoms with van der Waals surface area (Å²) in [6, 6.07) is 15.8. The van der Waals surface area contributed by atoms with E-state index in [9.17, 15) is 9.59 Å². The molecule has 2 aromatic carbocycles. The molecule has 0 fully saturated rings. The highest BCUT2D eigenvalue weighted by molar-refractivity contribution is 5.83. The smallest absolute Gasteiger partial charge is 0.280 e. The van der Waals surface area contributed by atoms with Gasteiger partial charge in [-0.05, 0) is 29.3 Å². The van der Waals surface area contributed by atoms with E-state index in [2.05, 4.69) is 35.5 Å². The van der Waals surface area contributed by atoms with Gasteiger partial charge in [-0.2, -0.15) is 5.16 Å². The Labute approximate surface area is 139 Å². The molecule has 24 heavy (non-hydrogen) atoms. The van der Waals surface area contributed by atoms with Crippen LogP contribution in [0.3, 0.4) is 0 Å². The first-order valence-electron chi connectivity index (χ1n) is 7.96. The fourth-order valence-corrected chi connectivity index (χ4v) is 2.76. The number of carbonyl (C=O) groups is 1. The van der Waals surface area contributed by atoms with Gasteiger partial charge in [0, 0.05) is 26.0 Å². The van der Waals surface area contributed by atoms with Crippen molar-refractivity contribution in [3.05, 3.63) is 70.2 Å². The molecule has 124 valence electrons. The van der Waals surface area contributed by atoms with Crippen LogP contribution in [0.1, 0.15) is 30.7 Å². The molecule has 1 aromatic heterocycles. The van der Waals surface area contributed by atoms with Crippen molar-refractivity contribution in [2.75, 3.05) is 7.05 Å². The predicted molar refractivity (Wildman–Crippen MR) is 92.8 cm³/mol. The number of amides is 1. The van der Waals surface area contributed by atoms with E-state index in [-0.39, 0.29) is 17.5 Å². The number of H-pyrrole nitrogens is 1. The molecule has 1 N–H and O–H groups in total. The van der Waals surface area contributed by atoms with E-state index >= 15 is 0 Å². The number of aryl methyl sites for hydroxylation is 1. The third-order valence-electron chi connectivity index (χ3n) is 4.39. The summed E-state index contributed by atoms with van der Waals surface area (Å²) in [7, 11) is 1.80. The summed E-state index contributed by atoms with van der Waals surface area (Å²) in [6.07, 6.45) is 0.710. The van der Waals surface area contributed by atoms with Crippen molar-refractivity contribution < 1.29 is 9.32 Å². The Morgan fingerprint density at radius 2 is 1.92 bits per heavy atom. The van der Waals surface area contributed by atoms with Crippen LogP contribution in [0.2, 0.25) is 0 Å². The number of aromatic nitrogens is 1. The zero-order chi connectivity index (χ0) is 17.1. The maximum Gasteiger partial charge on any atom is 0.280 e. The lowest BCUT2D eigenvalue weighted by Crippen LogP contribution is -2.29. The van der Waals surface area contributed by atoms with Crippen molar-refractivity contribution in [3.8, 4) is 0 Å². The molecule has 5 heteroatoms. The van der Waals surface area contributed by atoms with E-state index in [4.69, 9.17) is 4.52 Å². The van der Waals surface area contributed by atoms with Crippen LogP contribution in [0.15, 0.2) is 57.8 Å². The van der Waals surface area contributed by atoms with Crippen LogP contribution < -0.4 is 5.56 Å². The lowest BCUT2D eigenvalue weighted by atomic mass is 10.0. The van der Waals surface area contributed by atoms with Gasteiger partial charge >= 0.3 is 0 Å². The van der Waals surface area contributed by atoms with E-state index in [0.717, 1.165) is 10.9 Å². The topological polar surface area (TPSA) is 66.3 Å². The van der Waals surface area contributed by atoms with E-state index < -0.39 is 0 Å². The Hall–Kier alpha value is -2.82. The molecular weight excluding hydrogens is 304 g/mol. The summed E-state index contributed by atoms with van der Waals surface area (Å²) in [5.41, 5.74) is 0.813.